The Morgan fingerprint density at radius 2 is 2.15 bits per heavy atom. The van der Waals surface area contributed by atoms with Crippen molar-refractivity contribution in [2.75, 3.05) is 23.3 Å². The number of oxazole rings is 1. The van der Waals surface area contributed by atoms with Crippen LogP contribution in [0.25, 0.3) is 10.8 Å². The van der Waals surface area contributed by atoms with Crippen molar-refractivity contribution in [2.24, 2.45) is 0 Å². The summed E-state index contributed by atoms with van der Waals surface area (Å²) in [6, 6.07) is 7.75. The van der Waals surface area contributed by atoms with Gasteiger partial charge in [0, 0.05) is 13.1 Å². The fourth-order valence-electron chi connectivity index (χ4n) is 3.05. The van der Waals surface area contributed by atoms with Crippen molar-refractivity contribution in [1.82, 2.24) is 9.97 Å². The lowest BCUT2D eigenvalue weighted by atomic mass is 10.2. The summed E-state index contributed by atoms with van der Waals surface area (Å²) in [5.74, 6) is 2.08. The van der Waals surface area contributed by atoms with Crippen LogP contribution in [-0.2, 0) is 11.2 Å². The average molecular weight is 368 g/mol. The first-order valence-electron chi connectivity index (χ1n) is 8.70. The number of pyridine rings is 1. The van der Waals surface area contributed by atoms with Gasteiger partial charge in [-0.1, -0.05) is 6.07 Å². The highest BCUT2D eigenvalue weighted by molar-refractivity contribution is 7.13. The van der Waals surface area contributed by atoms with E-state index < -0.39 is 0 Å². The Hall–Kier alpha value is -2.67. The van der Waals surface area contributed by atoms with E-state index >= 15 is 0 Å². The van der Waals surface area contributed by atoms with Crippen molar-refractivity contribution in [1.29, 1.82) is 0 Å². The molecule has 4 heterocycles. The highest BCUT2D eigenvalue weighted by atomic mass is 32.1. The summed E-state index contributed by atoms with van der Waals surface area (Å²) < 4.78 is 5.68. The summed E-state index contributed by atoms with van der Waals surface area (Å²) in [6.45, 7) is 3.94. The van der Waals surface area contributed by atoms with E-state index in [1.807, 2.05) is 36.6 Å². The molecule has 0 atom stereocenters. The Balaban J connectivity index is 1.39. The number of amides is 1. The van der Waals surface area contributed by atoms with Crippen LogP contribution in [0.4, 0.5) is 11.5 Å². The van der Waals surface area contributed by atoms with Crippen molar-refractivity contribution >= 4 is 28.7 Å². The Morgan fingerprint density at radius 3 is 2.85 bits per heavy atom. The van der Waals surface area contributed by atoms with Gasteiger partial charge < -0.3 is 14.6 Å². The van der Waals surface area contributed by atoms with Crippen LogP contribution >= 0.6 is 11.3 Å². The van der Waals surface area contributed by atoms with Gasteiger partial charge in [0.15, 0.2) is 0 Å². The molecule has 0 saturated carbocycles. The van der Waals surface area contributed by atoms with Gasteiger partial charge in [-0.05, 0) is 43.3 Å². The summed E-state index contributed by atoms with van der Waals surface area (Å²) >= 11 is 1.56. The summed E-state index contributed by atoms with van der Waals surface area (Å²) in [5, 5.41) is 4.85. The number of nitrogens with one attached hydrogen (secondary N) is 1. The number of aromatic nitrogens is 2. The number of hydrogen-bond acceptors (Lipinski definition) is 6. The Labute approximate surface area is 155 Å². The second-order valence-electron chi connectivity index (χ2n) is 6.32. The fraction of sp³-hybridized carbons (Fsp3) is 0.316. The van der Waals surface area contributed by atoms with E-state index in [0.29, 0.717) is 23.0 Å². The molecule has 134 valence electrons. The second-order valence-corrected chi connectivity index (χ2v) is 7.27. The minimum absolute atomic E-state index is 0.130. The molecule has 1 aliphatic rings. The average Bonchev–Trinajstić information content (AvgIpc) is 3.38. The summed E-state index contributed by atoms with van der Waals surface area (Å²) in [7, 11) is 0. The number of thiophene rings is 1. The highest BCUT2D eigenvalue weighted by Crippen LogP contribution is 2.26. The molecule has 7 heteroatoms. The van der Waals surface area contributed by atoms with Crippen molar-refractivity contribution in [3.8, 4) is 10.8 Å². The van der Waals surface area contributed by atoms with E-state index in [-0.39, 0.29) is 12.3 Å². The molecule has 1 aliphatic heterocycles. The van der Waals surface area contributed by atoms with Crippen molar-refractivity contribution < 1.29 is 9.21 Å². The molecule has 0 radical (unpaired) electrons. The van der Waals surface area contributed by atoms with E-state index in [1.165, 1.54) is 12.8 Å². The Morgan fingerprint density at radius 1 is 1.31 bits per heavy atom. The van der Waals surface area contributed by atoms with Crippen LogP contribution in [0.2, 0.25) is 0 Å². The molecule has 6 nitrogen and oxygen atoms in total. The molecule has 1 N–H and O–H groups in total. The lowest BCUT2D eigenvalue weighted by Crippen LogP contribution is -2.19. The van der Waals surface area contributed by atoms with Crippen LogP contribution in [0.5, 0.6) is 0 Å². The molecular weight excluding hydrogens is 348 g/mol. The predicted octanol–water partition coefficient (Wildman–Crippen LogP) is 3.89. The monoisotopic (exact) mass is 368 g/mol. The normalized spacial score (nSPS) is 14.0. The van der Waals surface area contributed by atoms with Crippen molar-refractivity contribution in [2.45, 2.75) is 26.2 Å². The maximum absolute atomic E-state index is 12.3. The summed E-state index contributed by atoms with van der Waals surface area (Å²) in [4.78, 5) is 24.5. The second kappa shape index (κ2) is 7.29. The highest BCUT2D eigenvalue weighted by Gasteiger charge is 2.16. The molecule has 0 spiro atoms. The number of hydrogen-bond donors (Lipinski definition) is 1. The largest absolute Gasteiger partial charge is 0.440 e. The third-order valence-electron chi connectivity index (χ3n) is 4.41. The minimum atomic E-state index is -0.130. The van der Waals surface area contributed by atoms with Crippen LogP contribution in [-0.4, -0.2) is 29.0 Å². The molecule has 0 unspecified atom stereocenters. The maximum atomic E-state index is 12.3. The van der Waals surface area contributed by atoms with E-state index in [0.717, 1.165) is 23.8 Å². The standard InChI is InChI=1S/C19H20N4O2S/c1-13-15(22-19(25-13)16-5-4-10-26-16)11-18(24)21-14-6-7-17(20-12-14)23-8-2-3-9-23/h4-7,10,12H,2-3,8-9,11H2,1H3,(H,21,24). The van der Waals surface area contributed by atoms with Crippen molar-refractivity contribution in [3.05, 3.63) is 47.3 Å². The molecule has 0 aromatic carbocycles. The zero-order valence-electron chi connectivity index (χ0n) is 14.6. The van der Waals surface area contributed by atoms with Gasteiger partial charge in [-0.2, -0.15) is 0 Å². The fourth-order valence-corrected chi connectivity index (χ4v) is 3.70. The molecular formula is C19H20N4O2S. The van der Waals surface area contributed by atoms with Crippen LogP contribution in [0, 0.1) is 6.92 Å². The van der Waals surface area contributed by atoms with Crippen molar-refractivity contribution in [3.63, 3.8) is 0 Å². The van der Waals surface area contributed by atoms with Gasteiger partial charge in [0.05, 0.1) is 28.9 Å². The van der Waals surface area contributed by atoms with Gasteiger partial charge >= 0.3 is 0 Å². The van der Waals surface area contributed by atoms with Gasteiger partial charge in [-0.3, -0.25) is 4.79 Å². The molecule has 1 amide bonds. The Kier molecular flexibility index (Phi) is 4.71. The first-order valence-corrected chi connectivity index (χ1v) is 9.58. The van der Waals surface area contributed by atoms with Crippen LogP contribution < -0.4 is 10.2 Å². The first-order chi connectivity index (χ1) is 12.7. The van der Waals surface area contributed by atoms with Gasteiger partial charge in [0.25, 0.3) is 0 Å². The lowest BCUT2D eigenvalue weighted by Gasteiger charge is -2.16. The van der Waals surface area contributed by atoms with E-state index in [9.17, 15) is 4.79 Å². The van der Waals surface area contributed by atoms with Gasteiger partial charge in [-0.25, -0.2) is 9.97 Å². The number of aryl methyl sites for hydroxylation is 1. The quantitative estimate of drug-likeness (QED) is 0.740. The van der Waals surface area contributed by atoms with Gasteiger partial charge in [0.2, 0.25) is 11.8 Å². The molecule has 26 heavy (non-hydrogen) atoms. The summed E-state index contributed by atoms with van der Waals surface area (Å²) in [6.07, 6.45) is 4.31. The zero-order chi connectivity index (χ0) is 17.9. The number of nitrogens with zero attached hydrogens (tertiary/aromatic N) is 3. The first kappa shape index (κ1) is 16.8. The van der Waals surface area contributed by atoms with Crippen LogP contribution in [0.15, 0.2) is 40.3 Å². The Bertz CT molecular complexity index is 881. The molecule has 3 aromatic rings. The minimum Gasteiger partial charge on any atom is -0.440 e. The maximum Gasteiger partial charge on any atom is 0.236 e. The van der Waals surface area contributed by atoms with Crippen LogP contribution in [0.3, 0.4) is 0 Å². The van der Waals surface area contributed by atoms with Crippen LogP contribution in [0.1, 0.15) is 24.3 Å². The SMILES string of the molecule is Cc1oc(-c2cccs2)nc1CC(=O)Nc1ccc(N2CCCC2)nc1. The zero-order valence-corrected chi connectivity index (χ0v) is 15.4. The van der Waals surface area contributed by atoms with E-state index in [4.69, 9.17) is 4.42 Å². The molecule has 3 aromatic heterocycles. The molecule has 0 aliphatic carbocycles. The van der Waals surface area contributed by atoms with E-state index in [2.05, 4.69) is 20.2 Å². The molecule has 1 fully saturated rings. The topological polar surface area (TPSA) is 71.3 Å². The summed E-state index contributed by atoms with van der Waals surface area (Å²) in [5.41, 5.74) is 1.35. The predicted molar refractivity (Wildman–Crippen MR) is 103 cm³/mol. The van der Waals surface area contributed by atoms with Gasteiger partial charge in [-0.15, -0.1) is 11.3 Å². The third-order valence-corrected chi connectivity index (χ3v) is 5.27. The lowest BCUT2D eigenvalue weighted by molar-refractivity contribution is -0.115. The number of carbonyl (C=O) groups excluding carboxylic acids is 1. The number of carbonyl (C=O) groups is 1. The molecule has 0 bridgehead atoms. The smallest absolute Gasteiger partial charge is 0.236 e. The number of anilines is 2. The molecule has 1 saturated heterocycles. The van der Waals surface area contributed by atoms with Gasteiger partial charge in [0.1, 0.15) is 11.6 Å². The van der Waals surface area contributed by atoms with E-state index in [1.54, 1.807) is 17.5 Å². The third kappa shape index (κ3) is 3.62. The molecule has 4 rings (SSSR count). The number of rotatable bonds is 5.